The van der Waals surface area contributed by atoms with Crippen LogP contribution in [0.2, 0.25) is 0 Å². The predicted molar refractivity (Wildman–Crippen MR) is 147 cm³/mol. The SMILES string of the molecule is CCN(C)C(=O)c1ccc2c3ccc4c5c(ccc(c6ccc(C=O)c1c62)c53)N(CC)C(=O)N4CC. The summed E-state index contributed by atoms with van der Waals surface area (Å²) in [6.07, 6.45) is 0.838. The molecule has 0 spiro atoms. The van der Waals surface area contributed by atoms with Crippen LogP contribution in [0.15, 0.2) is 48.5 Å². The molecule has 5 aromatic rings. The number of benzene rings is 5. The van der Waals surface area contributed by atoms with Crippen LogP contribution in [0.4, 0.5) is 16.2 Å². The molecule has 1 aliphatic heterocycles. The summed E-state index contributed by atoms with van der Waals surface area (Å²) in [6, 6.07) is 15.9. The van der Waals surface area contributed by atoms with Gasteiger partial charge in [0.15, 0.2) is 6.29 Å². The van der Waals surface area contributed by atoms with Crippen LogP contribution in [-0.4, -0.2) is 49.8 Å². The summed E-state index contributed by atoms with van der Waals surface area (Å²) in [7, 11) is 1.77. The maximum atomic E-state index is 13.3. The van der Waals surface area contributed by atoms with Crippen molar-refractivity contribution in [1.82, 2.24) is 4.90 Å². The first kappa shape index (κ1) is 22.3. The van der Waals surface area contributed by atoms with E-state index in [-0.39, 0.29) is 11.9 Å². The summed E-state index contributed by atoms with van der Waals surface area (Å²) in [5, 5.41) is 7.90. The fourth-order valence-electron chi connectivity index (χ4n) is 5.92. The van der Waals surface area contributed by atoms with Gasteiger partial charge in [0.05, 0.1) is 11.4 Å². The summed E-state index contributed by atoms with van der Waals surface area (Å²) in [6.45, 7) is 7.66. The van der Waals surface area contributed by atoms with Gasteiger partial charge in [-0.25, -0.2) is 4.79 Å². The molecule has 0 radical (unpaired) electrons. The van der Waals surface area contributed by atoms with Gasteiger partial charge in [-0.1, -0.05) is 30.3 Å². The monoisotopic (exact) mass is 477 g/mol. The Hall–Kier alpha value is -4.19. The Labute approximate surface area is 209 Å². The largest absolute Gasteiger partial charge is 0.342 e. The minimum absolute atomic E-state index is 0.00677. The fraction of sp³-hybridized carbons (Fsp3) is 0.233. The van der Waals surface area contributed by atoms with E-state index in [1.54, 1.807) is 11.9 Å². The Morgan fingerprint density at radius 1 is 0.750 bits per heavy atom. The normalized spacial score (nSPS) is 13.5. The number of carbonyl (C=O) groups excluding carboxylic acids is 3. The number of rotatable bonds is 5. The Balaban J connectivity index is 1.83. The smallest absolute Gasteiger partial charge is 0.328 e. The van der Waals surface area contributed by atoms with Crippen LogP contribution in [0.3, 0.4) is 0 Å². The van der Waals surface area contributed by atoms with Crippen molar-refractivity contribution in [3.05, 3.63) is 59.7 Å². The van der Waals surface area contributed by atoms with E-state index in [0.29, 0.717) is 36.1 Å². The van der Waals surface area contributed by atoms with E-state index in [9.17, 15) is 14.4 Å². The fourth-order valence-corrected chi connectivity index (χ4v) is 5.92. The molecule has 0 saturated carbocycles. The van der Waals surface area contributed by atoms with Gasteiger partial charge < -0.3 is 4.90 Å². The van der Waals surface area contributed by atoms with Crippen LogP contribution in [0.5, 0.6) is 0 Å². The molecule has 36 heavy (non-hydrogen) atoms. The van der Waals surface area contributed by atoms with Crippen molar-refractivity contribution in [2.24, 2.45) is 0 Å². The number of nitrogens with zero attached hydrogens (tertiary/aromatic N) is 3. The molecule has 180 valence electrons. The quantitative estimate of drug-likeness (QED) is 0.167. The average Bonchev–Trinajstić information content (AvgIpc) is 2.91. The molecule has 0 atom stereocenters. The molecule has 0 saturated heterocycles. The van der Waals surface area contributed by atoms with Gasteiger partial charge >= 0.3 is 6.03 Å². The van der Waals surface area contributed by atoms with Crippen molar-refractivity contribution in [2.75, 3.05) is 36.5 Å². The van der Waals surface area contributed by atoms with Gasteiger partial charge in [0, 0.05) is 54.0 Å². The first-order valence-corrected chi connectivity index (χ1v) is 12.5. The van der Waals surface area contributed by atoms with Crippen LogP contribution in [0, 0.1) is 0 Å². The third-order valence-corrected chi connectivity index (χ3v) is 7.74. The van der Waals surface area contributed by atoms with Gasteiger partial charge in [0.2, 0.25) is 0 Å². The molecule has 0 aromatic heterocycles. The minimum atomic E-state index is -0.101. The maximum Gasteiger partial charge on any atom is 0.328 e. The van der Waals surface area contributed by atoms with Crippen molar-refractivity contribution in [3.8, 4) is 0 Å². The molecule has 6 nitrogen and oxygen atoms in total. The molecule has 6 heteroatoms. The van der Waals surface area contributed by atoms with Gasteiger partial charge in [-0.05, 0) is 65.9 Å². The first-order chi connectivity index (χ1) is 17.5. The van der Waals surface area contributed by atoms with Crippen LogP contribution in [-0.2, 0) is 0 Å². The summed E-state index contributed by atoms with van der Waals surface area (Å²) >= 11 is 0. The molecular weight excluding hydrogens is 450 g/mol. The molecule has 3 amide bonds. The Kier molecular flexibility index (Phi) is 4.90. The number of urea groups is 1. The topological polar surface area (TPSA) is 60.9 Å². The first-order valence-electron chi connectivity index (χ1n) is 12.5. The Morgan fingerprint density at radius 2 is 1.25 bits per heavy atom. The number of anilines is 2. The number of hydrogen-bond acceptors (Lipinski definition) is 3. The van der Waals surface area contributed by atoms with Gasteiger partial charge in [-0.15, -0.1) is 0 Å². The molecule has 0 aliphatic carbocycles. The predicted octanol–water partition coefficient (Wildman–Crippen LogP) is 6.43. The van der Waals surface area contributed by atoms with Crippen molar-refractivity contribution in [1.29, 1.82) is 0 Å². The van der Waals surface area contributed by atoms with E-state index in [0.717, 1.165) is 55.4 Å². The van der Waals surface area contributed by atoms with E-state index >= 15 is 0 Å². The molecule has 0 fully saturated rings. The van der Waals surface area contributed by atoms with E-state index in [4.69, 9.17) is 0 Å². The molecule has 0 N–H and O–H groups in total. The average molecular weight is 478 g/mol. The second-order valence-electron chi connectivity index (χ2n) is 9.34. The molecule has 1 heterocycles. The standard InChI is InChI=1S/C30H27N3O3/c1-5-31(4)29(35)22-11-10-19-21-13-15-24-28-23(32(6-2)30(36)33(24)7-3)14-12-20(27(21)28)18-9-8-17(16-34)25(22)26(18)19/h8-16H,5-7H2,1-4H3. The number of aldehydes is 1. The Morgan fingerprint density at radius 3 is 1.75 bits per heavy atom. The molecule has 1 aliphatic rings. The van der Waals surface area contributed by atoms with Crippen molar-refractivity contribution >= 4 is 72.7 Å². The molecular formula is C30H27N3O3. The third kappa shape index (κ3) is 2.70. The van der Waals surface area contributed by atoms with Crippen molar-refractivity contribution < 1.29 is 14.4 Å². The molecule has 0 bridgehead atoms. The number of fused-ring (bicyclic) bond motifs is 2. The summed E-state index contributed by atoms with van der Waals surface area (Å²) in [5.41, 5.74) is 2.89. The van der Waals surface area contributed by atoms with E-state index in [1.165, 1.54) is 0 Å². The van der Waals surface area contributed by atoms with Crippen molar-refractivity contribution in [3.63, 3.8) is 0 Å². The van der Waals surface area contributed by atoms with Gasteiger partial charge in [-0.3, -0.25) is 19.4 Å². The second kappa shape index (κ2) is 7.92. The zero-order valence-corrected chi connectivity index (χ0v) is 20.9. The zero-order valence-electron chi connectivity index (χ0n) is 20.9. The van der Waals surface area contributed by atoms with Gasteiger partial charge in [0.25, 0.3) is 5.91 Å². The van der Waals surface area contributed by atoms with Crippen LogP contribution < -0.4 is 9.80 Å². The lowest BCUT2D eigenvalue weighted by molar-refractivity contribution is 0.0804. The number of amides is 3. The number of hydrogen-bond donors (Lipinski definition) is 0. The molecule has 5 aromatic carbocycles. The second-order valence-corrected chi connectivity index (χ2v) is 9.34. The highest BCUT2D eigenvalue weighted by atomic mass is 16.2. The minimum Gasteiger partial charge on any atom is -0.342 e. The number of carbonyl (C=O) groups is 3. The van der Waals surface area contributed by atoms with Crippen LogP contribution in [0.25, 0.3) is 43.1 Å². The highest BCUT2D eigenvalue weighted by Crippen LogP contribution is 2.49. The van der Waals surface area contributed by atoms with Gasteiger partial charge in [0.1, 0.15) is 0 Å². The highest BCUT2D eigenvalue weighted by molar-refractivity contribution is 6.39. The maximum absolute atomic E-state index is 13.3. The molecule has 6 rings (SSSR count). The lowest BCUT2D eigenvalue weighted by Crippen LogP contribution is -2.46. The summed E-state index contributed by atoms with van der Waals surface area (Å²) < 4.78 is 0. The third-order valence-electron chi connectivity index (χ3n) is 7.74. The van der Waals surface area contributed by atoms with E-state index in [2.05, 4.69) is 12.1 Å². The van der Waals surface area contributed by atoms with Gasteiger partial charge in [-0.2, -0.15) is 0 Å². The lowest BCUT2D eigenvalue weighted by Gasteiger charge is -2.36. The zero-order chi connectivity index (χ0) is 25.3. The van der Waals surface area contributed by atoms with Crippen molar-refractivity contribution in [2.45, 2.75) is 20.8 Å². The summed E-state index contributed by atoms with van der Waals surface area (Å²) in [4.78, 5) is 44.0. The van der Waals surface area contributed by atoms with Crippen LogP contribution in [0.1, 0.15) is 41.5 Å². The highest BCUT2D eigenvalue weighted by Gasteiger charge is 2.32. The Bertz CT molecular complexity index is 1670. The summed E-state index contributed by atoms with van der Waals surface area (Å²) in [5.74, 6) is -0.101. The van der Waals surface area contributed by atoms with Crippen LogP contribution >= 0.6 is 0 Å². The molecule has 0 unspecified atom stereocenters. The van der Waals surface area contributed by atoms with E-state index in [1.807, 2.05) is 67.0 Å². The lowest BCUT2D eigenvalue weighted by atomic mass is 9.85. The van der Waals surface area contributed by atoms with E-state index < -0.39 is 0 Å².